The highest BCUT2D eigenvalue weighted by Gasteiger charge is 2.37. The molecule has 36 heavy (non-hydrogen) atoms. The standard InChI is InChI=1S/C26H23N5O3S2/c1-15-6-11-20-22(12-15)35-26(29-20)30-21(25-27-18-4-2-3-5-19(18)28-25)13-16-7-9-17(10-8-16)23-14-24(32)31-36(23,33)34/h2-12,21,23H,13-14H2,1H3,(H,27,28)(H,29,30)(H,31,32)/t21-,23-/m0/s1. The summed E-state index contributed by atoms with van der Waals surface area (Å²) >= 11 is 1.60. The number of amides is 1. The number of hydrogen-bond acceptors (Lipinski definition) is 7. The van der Waals surface area contributed by atoms with Crippen LogP contribution in [0.4, 0.5) is 5.13 Å². The van der Waals surface area contributed by atoms with E-state index in [4.69, 9.17) is 9.97 Å². The molecule has 0 saturated carbocycles. The largest absolute Gasteiger partial charge is 0.351 e. The quantitative estimate of drug-likeness (QED) is 0.299. The predicted octanol–water partition coefficient (Wildman–Crippen LogP) is 4.77. The summed E-state index contributed by atoms with van der Waals surface area (Å²) in [6.07, 6.45) is 0.547. The zero-order valence-electron chi connectivity index (χ0n) is 19.4. The Labute approximate surface area is 211 Å². The fraction of sp³-hybridized carbons (Fsp3) is 0.192. The highest BCUT2D eigenvalue weighted by molar-refractivity contribution is 7.90. The minimum absolute atomic E-state index is 0.0536. The molecule has 3 aromatic carbocycles. The van der Waals surface area contributed by atoms with Crippen molar-refractivity contribution in [3.8, 4) is 0 Å². The van der Waals surface area contributed by atoms with E-state index in [1.807, 2.05) is 42.5 Å². The van der Waals surface area contributed by atoms with Crippen molar-refractivity contribution >= 4 is 53.6 Å². The first-order valence-electron chi connectivity index (χ1n) is 11.6. The summed E-state index contributed by atoms with van der Waals surface area (Å²) in [5, 5.41) is 3.52. The van der Waals surface area contributed by atoms with Crippen molar-refractivity contribution in [2.24, 2.45) is 0 Å². The Hall–Kier alpha value is -3.76. The van der Waals surface area contributed by atoms with Gasteiger partial charge < -0.3 is 10.3 Å². The lowest BCUT2D eigenvalue weighted by atomic mass is 10.0. The number of benzene rings is 3. The number of thiazole rings is 1. The Balaban J connectivity index is 1.31. The third kappa shape index (κ3) is 4.33. The summed E-state index contributed by atoms with van der Waals surface area (Å²) in [4.78, 5) is 24.6. The maximum atomic E-state index is 12.2. The van der Waals surface area contributed by atoms with Gasteiger partial charge in [0.25, 0.3) is 0 Å². The topological polar surface area (TPSA) is 117 Å². The molecule has 6 rings (SSSR count). The number of rotatable bonds is 6. The van der Waals surface area contributed by atoms with Crippen LogP contribution >= 0.6 is 11.3 Å². The molecule has 0 bridgehead atoms. The fourth-order valence-electron chi connectivity index (χ4n) is 4.55. The lowest BCUT2D eigenvalue weighted by Gasteiger charge is -2.17. The molecule has 1 fully saturated rings. The van der Waals surface area contributed by atoms with Crippen LogP contribution in [0.2, 0.25) is 0 Å². The van der Waals surface area contributed by atoms with Crippen molar-refractivity contribution in [2.75, 3.05) is 5.32 Å². The first kappa shape index (κ1) is 22.7. The van der Waals surface area contributed by atoms with E-state index >= 15 is 0 Å². The number of hydrogen-bond donors (Lipinski definition) is 3. The van der Waals surface area contributed by atoms with Gasteiger partial charge in [-0.25, -0.2) is 18.4 Å². The van der Waals surface area contributed by atoms with E-state index in [2.05, 4.69) is 34.1 Å². The smallest absolute Gasteiger partial charge is 0.242 e. The first-order valence-corrected chi connectivity index (χ1v) is 13.9. The summed E-state index contributed by atoms with van der Waals surface area (Å²) in [5.41, 5.74) is 5.58. The molecule has 5 aromatic rings. The van der Waals surface area contributed by atoms with E-state index in [0.717, 1.165) is 37.8 Å². The molecule has 2 aromatic heterocycles. The number of aryl methyl sites for hydroxylation is 1. The van der Waals surface area contributed by atoms with Gasteiger partial charge in [0.15, 0.2) is 5.13 Å². The predicted molar refractivity (Wildman–Crippen MR) is 141 cm³/mol. The van der Waals surface area contributed by atoms with Crippen molar-refractivity contribution < 1.29 is 13.2 Å². The van der Waals surface area contributed by atoms with Gasteiger partial charge in [-0.15, -0.1) is 0 Å². The van der Waals surface area contributed by atoms with Crippen LogP contribution in [0.5, 0.6) is 0 Å². The van der Waals surface area contributed by atoms with E-state index < -0.39 is 21.2 Å². The lowest BCUT2D eigenvalue weighted by Crippen LogP contribution is -2.21. The normalized spacial score (nSPS) is 17.9. The van der Waals surface area contributed by atoms with E-state index in [0.29, 0.717) is 12.0 Å². The van der Waals surface area contributed by atoms with Crippen LogP contribution in [-0.4, -0.2) is 29.3 Å². The number of sulfonamides is 1. The highest BCUT2D eigenvalue weighted by Crippen LogP contribution is 2.33. The van der Waals surface area contributed by atoms with E-state index in [1.165, 1.54) is 5.56 Å². The molecule has 1 amide bonds. The fourth-order valence-corrected chi connectivity index (χ4v) is 6.99. The number of aromatic nitrogens is 3. The number of carbonyl (C=O) groups excluding carboxylic acids is 1. The number of fused-ring (bicyclic) bond motifs is 2. The second-order valence-corrected chi connectivity index (χ2v) is 11.9. The Morgan fingerprint density at radius 1 is 1.06 bits per heavy atom. The summed E-state index contributed by atoms with van der Waals surface area (Å²) in [7, 11) is -3.67. The second kappa shape index (κ2) is 8.72. The lowest BCUT2D eigenvalue weighted by molar-refractivity contribution is -0.118. The van der Waals surface area contributed by atoms with E-state index in [-0.39, 0.29) is 12.5 Å². The SMILES string of the molecule is Cc1ccc2nc(N[C@@H](Cc3ccc([C@@H]4CC(=O)NS4(=O)=O)cc3)c3nc4ccccc4[nH]3)sc2c1. The molecule has 3 heterocycles. The number of para-hydroxylation sites is 2. The Bertz CT molecular complexity index is 1670. The van der Waals surface area contributed by atoms with Crippen LogP contribution in [-0.2, 0) is 21.2 Å². The molecule has 1 aliphatic heterocycles. The average molecular weight is 518 g/mol. The monoisotopic (exact) mass is 517 g/mol. The van der Waals surface area contributed by atoms with Crippen molar-refractivity contribution in [3.05, 3.63) is 89.2 Å². The Morgan fingerprint density at radius 2 is 1.86 bits per heavy atom. The molecule has 0 spiro atoms. The summed E-state index contributed by atoms with van der Waals surface area (Å²) < 4.78 is 27.7. The number of carbonyl (C=O) groups is 1. The van der Waals surface area contributed by atoms with Crippen LogP contribution < -0.4 is 10.0 Å². The number of nitrogens with one attached hydrogen (secondary N) is 3. The second-order valence-electron chi connectivity index (χ2n) is 9.04. The minimum atomic E-state index is -3.67. The third-order valence-corrected chi connectivity index (χ3v) is 9.02. The third-order valence-electron chi connectivity index (χ3n) is 6.37. The van der Waals surface area contributed by atoms with Crippen molar-refractivity contribution in [3.63, 3.8) is 0 Å². The van der Waals surface area contributed by atoms with E-state index in [1.54, 1.807) is 23.5 Å². The Morgan fingerprint density at radius 3 is 2.61 bits per heavy atom. The average Bonchev–Trinajstić information content (AvgIpc) is 3.52. The zero-order valence-corrected chi connectivity index (χ0v) is 21.0. The van der Waals surface area contributed by atoms with Gasteiger partial charge in [0.2, 0.25) is 15.9 Å². The van der Waals surface area contributed by atoms with Crippen LogP contribution in [0.3, 0.4) is 0 Å². The summed E-state index contributed by atoms with van der Waals surface area (Å²) in [5.74, 6) is 0.327. The first-order chi connectivity index (χ1) is 17.3. The number of nitrogens with zero attached hydrogens (tertiary/aromatic N) is 2. The molecular weight excluding hydrogens is 494 g/mol. The van der Waals surface area contributed by atoms with Gasteiger partial charge in [-0.2, -0.15) is 0 Å². The maximum absolute atomic E-state index is 12.2. The molecule has 10 heteroatoms. The Kier molecular flexibility index (Phi) is 5.50. The maximum Gasteiger partial charge on any atom is 0.242 e. The number of aromatic amines is 1. The molecular formula is C26H23N5O3S2. The molecule has 0 radical (unpaired) electrons. The van der Waals surface area contributed by atoms with Crippen LogP contribution in [0.25, 0.3) is 21.3 Å². The number of imidazole rings is 1. The van der Waals surface area contributed by atoms with Gasteiger partial charge in [-0.1, -0.05) is 53.8 Å². The van der Waals surface area contributed by atoms with Gasteiger partial charge in [-0.05, 0) is 54.3 Å². The van der Waals surface area contributed by atoms with Crippen LogP contribution in [0.1, 0.15) is 40.2 Å². The van der Waals surface area contributed by atoms with Crippen molar-refractivity contribution in [2.45, 2.75) is 31.1 Å². The van der Waals surface area contributed by atoms with Gasteiger partial charge >= 0.3 is 0 Å². The zero-order chi connectivity index (χ0) is 24.9. The summed E-state index contributed by atoms with van der Waals surface area (Å²) in [6, 6.07) is 21.3. The van der Waals surface area contributed by atoms with Gasteiger partial charge in [0.1, 0.15) is 11.1 Å². The molecule has 0 aliphatic carbocycles. The molecule has 1 saturated heterocycles. The summed E-state index contributed by atoms with van der Waals surface area (Å²) in [6.45, 7) is 2.07. The molecule has 8 nitrogen and oxygen atoms in total. The van der Waals surface area contributed by atoms with Gasteiger partial charge in [0.05, 0.1) is 33.7 Å². The molecule has 1 aliphatic rings. The highest BCUT2D eigenvalue weighted by atomic mass is 32.2. The minimum Gasteiger partial charge on any atom is -0.351 e. The van der Waals surface area contributed by atoms with Crippen molar-refractivity contribution in [1.82, 2.24) is 19.7 Å². The number of anilines is 1. The molecule has 0 unspecified atom stereocenters. The number of H-pyrrole nitrogens is 1. The van der Waals surface area contributed by atoms with Gasteiger partial charge in [0, 0.05) is 0 Å². The molecule has 182 valence electrons. The molecule has 3 N–H and O–H groups in total. The molecule has 2 atom stereocenters. The van der Waals surface area contributed by atoms with Gasteiger partial charge in [-0.3, -0.25) is 9.52 Å². The van der Waals surface area contributed by atoms with Crippen molar-refractivity contribution in [1.29, 1.82) is 0 Å². The van der Waals surface area contributed by atoms with Crippen LogP contribution in [0.15, 0.2) is 66.7 Å². The van der Waals surface area contributed by atoms with E-state index in [9.17, 15) is 13.2 Å². The van der Waals surface area contributed by atoms with Crippen LogP contribution in [0, 0.1) is 6.92 Å².